The van der Waals surface area contributed by atoms with Crippen LogP contribution in [0.15, 0.2) is 83.8 Å². The van der Waals surface area contributed by atoms with Gasteiger partial charge in [-0.15, -0.1) is 0 Å². The molecule has 1 aliphatic rings. The minimum absolute atomic E-state index is 0.00713. The molecular formula is C29H31ClN4O6S. The van der Waals surface area contributed by atoms with Crippen molar-refractivity contribution in [2.24, 2.45) is 0 Å². The van der Waals surface area contributed by atoms with Gasteiger partial charge in [0.05, 0.1) is 15.5 Å². The molecule has 1 N–H and O–H groups in total. The molecule has 0 unspecified atom stereocenters. The molecule has 2 amide bonds. The third-order valence-corrected chi connectivity index (χ3v) is 9.07. The monoisotopic (exact) mass is 598 g/mol. The van der Waals surface area contributed by atoms with Gasteiger partial charge in [0, 0.05) is 29.7 Å². The van der Waals surface area contributed by atoms with Crippen molar-refractivity contribution < 1.29 is 22.9 Å². The van der Waals surface area contributed by atoms with E-state index in [1.54, 1.807) is 49.4 Å². The summed E-state index contributed by atoms with van der Waals surface area (Å²) in [6, 6.07) is 18.5. The lowest BCUT2D eigenvalue weighted by atomic mass is 10.1. The Morgan fingerprint density at radius 2 is 1.71 bits per heavy atom. The molecule has 10 nitrogen and oxygen atoms in total. The lowest BCUT2D eigenvalue weighted by Gasteiger charge is -2.32. The molecule has 0 aromatic heterocycles. The molecule has 3 aromatic carbocycles. The maximum Gasteiger partial charge on any atom is 0.271 e. The predicted molar refractivity (Wildman–Crippen MR) is 156 cm³/mol. The quantitative estimate of drug-likeness (QED) is 0.246. The highest BCUT2D eigenvalue weighted by Gasteiger charge is 2.33. The van der Waals surface area contributed by atoms with Crippen LogP contribution >= 0.6 is 11.6 Å². The van der Waals surface area contributed by atoms with Crippen LogP contribution in [-0.4, -0.2) is 48.7 Å². The van der Waals surface area contributed by atoms with E-state index in [2.05, 4.69) is 5.32 Å². The number of nitrogens with one attached hydrogen (secondary N) is 1. The van der Waals surface area contributed by atoms with Crippen molar-refractivity contribution >= 4 is 44.8 Å². The first-order valence-corrected chi connectivity index (χ1v) is 15.0. The molecule has 0 heterocycles. The SMILES string of the molecule is C[C@@H](C(=O)NC1CCCC1)N(Cc1cccc(Cl)c1)C(=O)CN(c1cccc([N+](=O)[O-])c1)S(=O)(=O)c1ccccc1. The maximum atomic E-state index is 14.0. The van der Waals surface area contributed by atoms with Crippen molar-refractivity contribution in [3.63, 3.8) is 0 Å². The Bertz CT molecular complexity index is 1510. The van der Waals surface area contributed by atoms with E-state index in [0.717, 1.165) is 36.1 Å². The number of non-ortho nitro benzene ring substituents is 1. The van der Waals surface area contributed by atoms with Crippen LogP contribution in [0.25, 0.3) is 0 Å². The molecule has 0 saturated heterocycles. The van der Waals surface area contributed by atoms with Gasteiger partial charge in [0.1, 0.15) is 12.6 Å². The summed E-state index contributed by atoms with van der Waals surface area (Å²) < 4.78 is 28.4. The fraction of sp³-hybridized carbons (Fsp3) is 0.310. The zero-order valence-electron chi connectivity index (χ0n) is 22.5. The number of nitro groups is 1. The predicted octanol–water partition coefficient (Wildman–Crippen LogP) is 4.92. The number of halogens is 1. The maximum absolute atomic E-state index is 14.0. The molecule has 216 valence electrons. The zero-order chi connectivity index (χ0) is 29.6. The van der Waals surface area contributed by atoms with Crippen LogP contribution in [0.2, 0.25) is 5.02 Å². The number of sulfonamides is 1. The fourth-order valence-corrected chi connectivity index (χ4v) is 6.46. The van der Waals surface area contributed by atoms with Gasteiger partial charge in [-0.3, -0.25) is 24.0 Å². The molecule has 1 fully saturated rings. The number of hydrogen-bond donors (Lipinski definition) is 1. The van der Waals surface area contributed by atoms with Gasteiger partial charge in [-0.05, 0) is 55.7 Å². The van der Waals surface area contributed by atoms with Crippen LogP contribution in [0.1, 0.15) is 38.2 Å². The van der Waals surface area contributed by atoms with Gasteiger partial charge in [0.15, 0.2) is 0 Å². The van der Waals surface area contributed by atoms with Gasteiger partial charge < -0.3 is 10.2 Å². The van der Waals surface area contributed by atoms with Crippen molar-refractivity contribution in [1.29, 1.82) is 0 Å². The molecule has 0 aliphatic heterocycles. The van der Waals surface area contributed by atoms with Crippen LogP contribution in [0.5, 0.6) is 0 Å². The van der Waals surface area contributed by atoms with E-state index in [4.69, 9.17) is 11.6 Å². The van der Waals surface area contributed by atoms with Crippen molar-refractivity contribution in [1.82, 2.24) is 10.2 Å². The van der Waals surface area contributed by atoms with Crippen molar-refractivity contribution in [2.75, 3.05) is 10.8 Å². The summed E-state index contributed by atoms with van der Waals surface area (Å²) in [6.45, 7) is 0.892. The summed E-state index contributed by atoms with van der Waals surface area (Å²) in [7, 11) is -4.33. The third-order valence-electron chi connectivity index (χ3n) is 7.05. The average Bonchev–Trinajstić information content (AvgIpc) is 3.47. The number of amides is 2. The Hall–Kier alpha value is -3.96. The summed E-state index contributed by atoms with van der Waals surface area (Å²) >= 11 is 6.17. The van der Waals surface area contributed by atoms with Gasteiger partial charge in [-0.1, -0.05) is 60.8 Å². The van der Waals surface area contributed by atoms with Gasteiger partial charge in [0.2, 0.25) is 11.8 Å². The minimum atomic E-state index is -4.33. The topological polar surface area (TPSA) is 130 Å². The normalized spacial score (nSPS) is 14.3. The number of carbonyl (C=O) groups excluding carboxylic acids is 2. The van der Waals surface area contributed by atoms with E-state index < -0.39 is 33.4 Å². The molecule has 0 spiro atoms. The van der Waals surface area contributed by atoms with Crippen LogP contribution in [0.3, 0.4) is 0 Å². The molecule has 1 atom stereocenters. The van der Waals surface area contributed by atoms with E-state index in [9.17, 15) is 28.1 Å². The molecule has 41 heavy (non-hydrogen) atoms. The van der Waals surface area contributed by atoms with Gasteiger partial charge >= 0.3 is 0 Å². The second-order valence-electron chi connectivity index (χ2n) is 9.92. The Morgan fingerprint density at radius 1 is 1.02 bits per heavy atom. The first-order valence-electron chi connectivity index (χ1n) is 13.2. The number of carbonyl (C=O) groups is 2. The van der Waals surface area contributed by atoms with Crippen LogP contribution in [0.4, 0.5) is 11.4 Å². The lowest BCUT2D eigenvalue weighted by molar-refractivity contribution is -0.384. The summed E-state index contributed by atoms with van der Waals surface area (Å²) in [4.78, 5) is 39.3. The van der Waals surface area contributed by atoms with Gasteiger partial charge in [-0.2, -0.15) is 0 Å². The molecular weight excluding hydrogens is 568 g/mol. The van der Waals surface area contributed by atoms with Gasteiger partial charge in [-0.25, -0.2) is 8.42 Å². The second-order valence-corrected chi connectivity index (χ2v) is 12.2. The highest BCUT2D eigenvalue weighted by molar-refractivity contribution is 7.92. The molecule has 0 bridgehead atoms. The number of anilines is 1. The third kappa shape index (κ3) is 7.42. The van der Waals surface area contributed by atoms with E-state index >= 15 is 0 Å². The molecule has 1 saturated carbocycles. The van der Waals surface area contributed by atoms with E-state index in [1.165, 1.54) is 35.2 Å². The molecule has 4 rings (SSSR count). The summed E-state index contributed by atoms with van der Waals surface area (Å²) in [5.41, 5.74) is 0.268. The highest BCUT2D eigenvalue weighted by Crippen LogP contribution is 2.28. The van der Waals surface area contributed by atoms with E-state index in [1.807, 2.05) is 0 Å². The van der Waals surface area contributed by atoms with Crippen LogP contribution in [-0.2, 0) is 26.2 Å². The van der Waals surface area contributed by atoms with E-state index in [0.29, 0.717) is 10.6 Å². The van der Waals surface area contributed by atoms with Crippen molar-refractivity contribution in [3.8, 4) is 0 Å². The molecule has 3 aromatic rings. The number of nitro benzene ring substituents is 1. The number of rotatable bonds is 11. The van der Waals surface area contributed by atoms with E-state index in [-0.39, 0.29) is 34.8 Å². The summed E-state index contributed by atoms with van der Waals surface area (Å²) in [5, 5.41) is 14.9. The smallest absolute Gasteiger partial charge is 0.271 e. The largest absolute Gasteiger partial charge is 0.352 e. The zero-order valence-corrected chi connectivity index (χ0v) is 24.1. The standard InChI is InChI=1S/C29H31ClN4O6S/c1-21(29(36)31-24-11-5-6-12-24)32(19-22-9-7-10-23(30)17-22)28(35)20-33(25-13-8-14-26(18-25)34(37)38)41(39,40)27-15-3-2-4-16-27/h2-4,7-10,13-18,21,24H,5-6,11-12,19-20H2,1H3,(H,31,36)/t21-/m0/s1. The van der Waals surface area contributed by atoms with Crippen molar-refractivity contribution in [2.45, 2.75) is 56.1 Å². The Morgan fingerprint density at radius 3 is 2.37 bits per heavy atom. The van der Waals surface area contributed by atoms with Gasteiger partial charge in [0.25, 0.3) is 15.7 Å². The Balaban J connectivity index is 1.71. The lowest BCUT2D eigenvalue weighted by Crippen LogP contribution is -2.52. The fourth-order valence-electron chi connectivity index (χ4n) is 4.82. The first kappa shape index (κ1) is 30.0. The molecule has 0 radical (unpaired) electrons. The summed E-state index contributed by atoms with van der Waals surface area (Å²) in [6.07, 6.45) is 3.74. The Kier molecular flexibility index (Phi) is 9.61. The molecule has 1 aliphatic carbocycles. The van der Waals surface area contributed by atoms with Crippen LogP contribution < -0.4 is 9.62 Å². The highest BCUT2D eigenvalue weighted by atomic mass is 35.5. The molecule has 12 heteroatoms. The number of nitrogens with zero attached hydrogens (tertiary/aromatic N) is 3. The first-order chi connectivity index (χ1) is 19.6. The van der Waals surface area contributed by atoms with Crippen LogP contribution in [0, 0.1) is 10.1 Å². The Labute approximate surface area is 244 Å². The number of benzene rings is 3. The van der Waals surface area contributed by atoms with Crippen molar-refractivity contribution in [3.05, 3.63) is 99.6 Å². The second kappa shape index (κ2) is 13.1. The summed E-state index contributed by atoms with van der Waals surface area (Å²) in [5.74, 6) is -1.01. The average molecular weight is 599 g/mol. The minimum Gasteiger partial charge on any atom is -0.352 e. The number of hydrogen-bond acceptors (Lipinski definition) is 6.